The van der Waals surface area contributed by atoms with E-state index in [1.54, 1.807) is 0 Å². The minimum absolute atomic E-state index is 0. The fraction of sp³-hybridized carbons (Fsp3) is 0.818. The van der Waals surface area contributed by atoms with Gasteiger partial charge >= 0.3 is 65.2 Å². The molecule has 2 heterocycles. The van der Waals surface area contributed by atoms with E-state index >= 15 is 0 Å². The van der Waals surface area contributed by atoms with Gasteiger partial charge in [0.15, 0.2) is 18.7 Å². The minimum atomic E-state index is -2.09. The fourth-order valence-corrected chi connectivity index (χ4v) is 4.19. The van der Waals surface area contributed by atoms with Crippen LogP contribution in [0.3, 0.4) is 0 Å². The van der Waals surface area contributed by atoms with Crippen molar-refractivity contribution in [3.05, 3.63) is 0 Å². The molecule has 5 N–H and O–H groups in total. The Bertz CT molecular complexity index is 894. The first-order valence-corrected chi connectivity index (χ1v) is 13.0. The van der Waals surface area contributed by atoms with E-state index in [4.69, 9.17) is 33.2 Å². The van der Waals surface area contributed by atoms with Crippen LogP contribution in [0.15, 0.2) is 0 Å². The summed E-state index contributed by atoms with van der Waals surface area (Å²) in [5, 5.41) is 59.7. The van der Waals surface area contributed by atoms with Gasteiger partial charge in [-0.25, -0.2) is 4.79 Å². The summed E-state index contributed by atoms with van der Waals surface area (Å²) in [6.07, 6.45) is -19.7. The van der Waals surface area contributed by atoms with Gasteiger partial charge in [-0.1, -0.05) is 0 Å². The van der Waals surface area contributed by atoms with E-state index in [-0.39, 0.29) is 97.7 Å². The molecule has 0 saturated carbocycles. The molecule has 2 fully saturated rings. The molecule has 10 atom stereocenters. The van der Waals surface area contributed by atoms with Crippen LogP contribution in [-0.2, 0) is 47.5 Å². The van der Waals surface area contributed by atoms with Crippen LogP contribution in [0.25, 0.3) is 0 Å². The second kappa shape index (κ2) is 21.5. The smallest absolute Gasteiger partial charge is 0.547 e. The zero-order chi connectivity index (χ0) is 30.7. The molecule has 43 heavy (non-hydrogen) atoms. The quantitative estimate of drug-likeness (QED) is 0.0541. The molecule has 0 bridgehead atoms. The van der Waals surface area contributed by atoms with Gasteiger partial charge in [0.25, 0.3) is 0 Å². The van der Waals surface area contributed by atoms with Crippen molar-refractivity contribution >= 4 is 36.6 Å². The fourth-order valence-electron chi connectivity index (χ4n) is 3.99. The van der Waals surface area contributed by atoms with Gasteiger partial charge in [0.05, 0.1) is 25.2 Å². The van der Waals surface area contributed by atoms with Crippen LogP contribution in [0.1, 0.15) is 6.42 Å². The summed E-state index contributed by atoms with van der Waals surface area (Å²) in [5.74, 6) is -3.53. The Kier molecular flexibility index (Phi) is 21.3. The molecule has 2 saturated heterocycles. The summed E-state index contributed by atoms with van der Waals surface area (Å²) < 4.78 is 35.9. The summed E-state index contributed by atoms with van der Waals surface area (Å²) >= 11 is 3.94. The standard InChI is InChI=1S/C22H36N2O16S.2Na/c1-34-13-10(26)11(27)20(38-16(13)18(29)30)37-14-12(28)15(21(35-2)39-17(14)19(31)32)40-22(33)24-5-7-36-6-4-23-9(25)3-8-41;;/h10-17,20-21,26-28,41H,3-8H2,1-2H3,(H,23,25)(H,24,33)(H,29,30)(H,31,32);;/q;2*+1/p-2/t10?,11?,12?,13-,14-,15-,16+,17?,20?,21+;;/m0../s1. The molecule has 18 nitrogen and oxygen atoms in total. The first-order valence-electron chi connectivity index (χ1n) is 12.3. The number of carboxylic acid groups (broad SMARTS) is 2. The number of ether oxygens (including phenoxy) is 7. The number of alkyl carbamates (subject to hydrolysis) is 1. The molecule has 0 spiro atoms. The third-order valence-corrected chi connectivity index (χ3v) is 6.22. The average molecular weight is 661 g/mol. The van der Waals surface area contributed by atoms with Crippen LogP contribution in [0, 0.1) is 0 Å². The van der Waals surface area contributed by atoms with Crippen molar-refractivity contribution in [2.75, 3.05) is 46.3 Å². The number of aliphatic hydroxyl groups is 3. The van der Waals surface area contributed by atoms with Crippen molar-refractivity contribution in [3.8, 4) is 0 Å². The van der Waals surface area contributed by atoms with Gasteiger partial charge in [-0.15, -0.1) is 0 Å². The van der Waals surface area contributed by atoms with E-state index < -0.39 is 79.4 Å². The number of hydrogen-bond acceptors (Lipinski definition) is 17. The minimum Gasteiger partial charge on any atom is -0.547 e. The normalized spacial score (nSPS) is 32.0. The van der Waals surface area contributed by atoms with E-state index in [1.807, 2.05) is 0 Å². The maximum atomic E-state index is 12.3. The number of thiol groups is 1. The predicted molar refractivity (Wildman–Crippen MR) is 129 cm³/mol. The van der Waals surface area contributed by atoms with Crippen molar-refractivity contribution in [1.29, 1.82) is 0 Å². The summed E-state index contributed by atoms with van der Waals surface area (Å²) in [5.41, 5.74) is 0. The predicted octanol–water partition coefficient (Wildman–Crippen LogP) is -12.4. The topological polar surface area (TPSA) is 264 Å². The van der Waals surface area contributed by atoms with Crippen LogP contribution in [-0.4, -0.2) is 147 Å². The van der Waals surface area contributed by atoms with E-state index in [2.05, 4.69) is 23.3 Å². The third-order valence-electron chi connectivity index (χ3n) is 5.99. The second-order valence-electron chi connectivity index (χ2n) is 8.73. The van der Waals surface area contributed by atoms with Crippen molar-refractivity contribution < 1.29 is 137 Å². The van der Waals surface area contributed by atoms with Crippen molar-refractivity contribution in [1.82, 2.24) is 10.6 Å². The van der Waals surface area contributed by atoms with E-state index in [1.165, 1.54) is 0 Å². The molecule has 0 aromatic carbocycles. The number of methoxy groups -OCH3 is 2. The number of nitrogens with one attached hydrogen (secondary N) is 2. The number of amides is 2. The van der Waals surface area contributed by atoms with Gasteiger partial charge in [-0.3, -0.25) is 4.79 Å². The van der Waals surface area contributed by atoms with Crippen LogP contribution in [0.5, 0.6) is 0 Å². The zero-order valence-electron chi connectivity index (χ0n) is 24.1. The Labute approximate surface area is 296 Å². The molecule has 2 rings (SSSR count). The third kappa shape index (κ3) is 12.4. The van der Waals surface area contributed by atoms with Crippen molar-refractivity contribution in [2.24, 2.45) is 0 Å². The molecule has 21 heteroatoms. The molecule has 0 aromatic rings. The second-order valence-corrected chi connectivity index (χ2v) is 9.18. The first-order chi connectivity index (χ1) is 19.5. The van der Waals surface area contributed by atoms with Gasteiger partial charge in [0.2, 0.25) is 5.91 Å². The van der Waals surface area contributed by atoms with E-state index in [9.17, 15) is 44.7 Å². The average Bonchev–Trinajstić information content (AvgIpc) is 2.92. The summed E-state index contributed by atoms with van der Waals surface area (Å²) in [7, 11) is 2.11. The number of carbonyl (C=O) groups is 4. The summed E-state index contributed by atoms with van der Waals surface area (Å²) in [6, 6.07) is 0. The maximum absolute atomic E-state index is 12.3. The van der Waals surface area contributed by atoms with Crippen LogP contribution < -0.4 is 80.0 Å². The molecule has 2 amide bonds. The number of aliphatic hydroxyl groups excluding tert-OH is 3. The summed E-state index contributed by atoms with van der Waals surface area (Å²) in [6.45, 7) is 0.366. The molecular formula is C22H34N2Na2O16S. The maximum Gasteiger partial charge on any atom is 1.00 e. The number of rotatable bonds is 15. The van der Waals surface area contributed by atoms with Crippen LogP contribution in [0.4, 0.5) is 4.79 Å². The van der Waals surface area contributed by atoms with E-state index in [0.717, 1.165) is 14.2 Å². The van der Waals surface area contributed by atoms with Gasteiger partial charge in [0.1, 0.15) is 42.7 Å². The molecule has 5 unspecified atom stereocenters. The molecule has 0 aromatic heterocycles. The van der Waals surface area contributed by atoms with Gasteiger partial charge in [-0.05, 0) is 5.75 Å². The number of carboxylic acids is 2. The van der Waals surface area contributed by atoms with Crippen molar-refractivity contribution in [3.63, 3.8) is 0 Å². The summed E-state index contributed by atoms with van der Waals surface area (Å²) in [4.78, 5) is 46.9. The molecule has 2 aliphatic heterocycles. The molecule has 0 aliphatic carbocycles. The van der Waals surface area contributed by atoms with Gasteiger partial charge in [-0.2, -0.15) is 12.6 Å². The molecule has 0 radical (unpaired) electrons. The van der Waals surface area contributed by atoms with Crippen molar-refractivity contribution in [2.45, 2.75) is 67.8 Å². The number of carbonyl (C=O) groups excluding carboxylic acids is 4. The Morgan fingerprint density at radius 2 is 1.35 bits per heavy atom. The largest absolute Gasteiger partial charge is 1.00 e. The Balaban J connectivity index is 0.00000882. The van der Waals surface area contributed by atoms with Crippen LogP contribution >= 0.6 is 12.6 Å². The Hall–Kier alpha value is -0.330. The Morgan fingerprint density at radius 1 is 0.791 bits per heavy atom. The van der Waals surface area contributed by atoms with E-state index in [0.29, 0.717) is 5.75 Å². The number of hydrogen-bond donors (Lipinski definition) is 6. The Morgan fingerprint density at radius 3 is 1.88 bits per heavy atom. The monoisotopic (exact) mass is 660 g/mol. The molecular weight excluding hydrogens is 626 g/mol. The van der Waals surface area contributed by atoms with Crippen LogP contribution in [0.2, 0.25) is 0 Å². The van der Waals surface area contributed by atoms with Gasteiger partial charge in [0, 0.05) is 33.7 Å². The number of aliphatic carboxylic acids is 2. The SMILES string of the molecule is CO[C@@H]1OC(C(=O)[O-])[C@@H](OC2O[C@@H](C(=O)[O-])[C@@H](OC)C(O)C2O)C(O)[C@@H]1OC(=O)NCCOCCNC(=O)CCS.[Na+].[Na+]. The van der Waals surface area contributed by atoms with Gasteiger partial charge < -0.3 is 78.9 Å². The first kappa shape index (κ1) is 42.7. The molecule has 236 valence electrons. The molecule has 2 aliphatic rings. The zero-order valence-corrected chi connectivity index (χ0v) is 29.0.